The molecule has 0 bridgehead atoms. The highest BCUT2D eigenvalue weighted by molar-refractivity contribution is 5.91. The number of rotatable bonds is 6. The van der Waals surface area contributed by atoms with Crippen LogP contribution in [0.25, 0.3) is 0 Å². The third-order valence-corrected chi connectivity index (χ3v) is 3.78. The summed E-state index contributed by atoms with van der Waals surface area (Å²) in [6.45, 7) is 1.91. The molecular formula is C18H19N3O5. The molecule has 8 nitrogen and oxygen atoms in total. The predicted octanol–water partition coefficient (Wildman–Crippen LogP) is 2.30. The molecule has 1 aromatic carbocycles. The maximum Gasteiger partial charge on any atom is 0.360 e. The smallest absolute Gasteiger partial charge is 0.360 e. The quantitative estimate of drug-likeness (QED) is 0.791. The molecule has 1 fully saturated rings. The molecule has 1 N–H and O–H groups in total. The Hall–Kier alpha value is -3.00. The summed E-state index contributed by atoms with van der Waals surface area (Å²) in [5.74, 6) is -0.610. The summed E-state index contributed by atoms with van der Waals surface area (Å²) in [7, 11) is 1.39. The van der Waals surface area contributed by atoms with E-state index in [4.69, 9.17) is 24.4 Å². The Morgan fingerprint density at radius 3 is 2.73 bits per heavy atom. The Morgan fingerprint density at radius 2 is 2.04 bits per heavy atom. The highest BCUT2D eigenvalue weighted by Crippen LogP contribution is 2.34. The number of ether oxygens (including phenoxy) is 4. The van der Waals surface area contributed by atoms with Gasteiger partial charge in [-0.1, -0.05) is 30.3 Å². The summed E-state index contributed by atoms with van der Waals surface area (Å²) in [5, 5.41) is 8.09. The number of carbonyl (C=O) groups is 1. The van der Waals surface area contributed by atoms with Crippen LogP contribution >= 0.6 is 0 Å². The lowest BCUT2D eigenvalue weighted by atomic mass is 10.1. The molecule has 1 aliphatic rings. The summed E-state index contributed by atoms with van der Waals surface area (Å²) in [6.07, 6.45) is 0.193. The number of nitrogens with one attached hydrogen (secondary N) is 1. The van der Waals surface area contributed by atoms with Crippen molar-refractivity contribution >= 4 is 11.9 Å². The SMILES string of the molecule is CCOC(=O)c1ncnc(C2OC(Cc3ccccc3)OC2=N)c1OC. The van der Waals surface area contributed by atoms with E-state index in [2.05, 4.69) is 9.97 Å². The first-order chi connectivity index (χ1) is 12.6. The molecule has 8 heteroatoms. The van der Waals surface area contributed by atoms with Crippen molar-refractivity contribution in [3.63, 3.8) is 0 Å². The van der Waals surface area contributed by atoms with Gasteiger partial charge in [0.1, 0.15) is 12.0 Å². The van der Waals surface area contributed by atoms with Crippen molar-refractivity contribution in [1.29, 1.82) is 5.41 Å². The fourth-order valence-electron chi connectivity index (χ4n) is 2.65. The van der Waals surface area contributed by atoms with Crippen LogP contribution in [0, 0.1) is 5.41 Å². The van der Waals surface area contributed by atoms with Gasteiger partial charge in [-0.25, -0.2) is 14.8 Å². The molecule has 2 unspecified atom stereocenters. The Labute approximate surface area is 150 Å². The molecule has 2 heterocycles. The van der Waals surface area contributed by atoms with Crippen LogP contribution in [0.3, 0.4) is 0 Å². The monoisotopic (exact) mass is 357 g/mol. The predicted molar refractivity (Wildman–Crippen MR) is 91.1 cm³/mol. The van der Waals surface area contributed by atoms with Crippen molar-refractivity contribution < 1.29 is 23.7 Å². The number of hydrogen-bond acceptors (Lipinski definition) is 8. The van der Waals surface area contributed by atoms with Gasteiger partial charge in [-0.3, -0.25) is 5.41 Å². The van der Waals surface area contributed by atoms with Gasteiger partial charge in [0.15, 0.2) is 17.5 Å². The third kappa shape index (κ3) is 3.65. The highest BCUT2D eigenvalue weighted by atomic mass is 16.7. The zero-order valence-electron chi connectivity index (χ0n) is 14.5. The van der Waals surface area contributed by atoms with Gasteiger partial charge >= 0.3 is 5.97 Å². The van der Waals surface area contributed by atoms with Gasteiger partial charge in [0, 0.05) is 6.42 Å². The topological polar surface area (TPSA) is 104 Å². The van der Waals surface area contributed by atoms with E-state index in [0.29, 0.717) is 6.42 Å². The highest BCUT2D eigenvalue weighted by Gasteiger charge is 2.38. The maximum absolute atomic E-state index is 12.1. The Morgan fingerprint density at radius 1 is 1.27 bits per heavy atom. The van der Waals surface area contributed by atoms with Gasteiger partial charge in [-0.15, -0.1) is 0 Å². The molecular weight excluding hydrogens is 338 g/mol. The molecule has 1 aromatic heterocycles. The lowest BCUT2D eigenvalue weighted by Crippen LogP contribution is -2.16. The van der Waals surface area contributed by atoms with Gasteiger partial charge in [-0.05, 0) is 12.5 Å². The lowest BCUT2D eigenvalue weighted by Gasteiger charge is -2.14. The molecule has 1 aliphatic heterocycles. The van der Waals surface area contributed by atoms with E-state index in [1.807, 2.05) is 30.3 Å². The molecule has 0 amide bonds. The van der Waals surface area contributed by atoms with Crippen molar-refractivity contribution in [1.82, 2.24) is 9.97 Å². The van der Waals surface area contributed by atoms with Crippen LogP contribution in [-0.2, 0) is 20.6 Å². The second-order valence-corrected chi connectivity index (χ2v) is 5.48. The largest absolute Gasteiger partial charge is 0.492 e. The fraction of sp³-hybridized carbons (Fsp3) is 0.333. The number of esters is 1. The van der Waals surface area contributed by atoms with Crippen molar-refractivity contribution in [3.8, 4) is 5.75 Å². The van der Waals surface area contributed by atoms with Crippen LogP contribution < -0.4 is 4.74 Å². The van der Waals surface area contributed by atoms with E-state index < -0.39 is 18.4 Å². The van der Waals surface area contributed by atoms with Gasteiger partial charge in [0.05, 0.1) is 13.7 Å². The fourth-order valence-corrected chi connectivity index (χ4v) is 2.65. The summed E-state index contributed by atoms with van der Waals surface area (Å²) in [6, 6.07) is 9.67. The molecule has 2 aromatic rings. The first kappa shape index (κ1) is 17.8. The zero-order valence-corrected chi connectivity index (χ0v) is 14.5. The Bertz CT molecular complexity index is 797. The third-order valence-electron chi connectivity index (χ3n) is 3.78. The van der Waals surface area contributed by atoms with Crippen LogP contribution in [0.1, 0.15) is 34.8 Å². The van der Waals surface area contributed by atoms with E-state index in [1.165, 1.54) is 13.4 Å². The van der Waals surface area contributed by atoms with Gasteiger partial charge in [-0.2, -0.15) is 0 Å². The van der Waals surface area contributed by atoms with Crippen molar-refractivity contribution in [3.05, 3.63) is 53.6 Å². The molecule has 0 radical (unpaired) electrons. The molecule has 136 valence electrons. The number of benzene rings is 1. The number of methoxy groups -OCH3 is 1. The average molecular weight is 357 g/mol. The van der Waals surface area contributed by atoms with E-state index in [-0.39, 0.29) is 29.6 Å². The van der Waals surface area contributed by atoms with E-state index in [1.54, 1.807) is 6.92 Å². The summed E-state index contributed by atoms with van der Waals surface area (Å²) in [4.78, 5) is 20.1. The minimum absolute atomic E-state index is 0.0118. The normalized spacial score (nSPS) is 19.1. The molecule has 26 heavy (non-hydrogen) atoms. The number of nitrogens with zero attached hydrogens (tertiary/aromatic N) is 2. The molecule has 1 saturated heterocycles. The molecule has 0 spiro atoms. The van der Waals surface area contributed by atoms with Gasteiger partial charge in [0.25, 0.3) is 0 Å². The van der Waals surface area contributed by atoms with Crippen LogP contribution in [0.2, 0.25) is 0 Å². The second kappa shape index (κ2) is 7.92. The van der Waals surface area contributed by atoms with Crippen LogP contribution in [0.5, 0.6) is 5.75 Å². The number of carbonyl (C=O) groups excluding carboxylic acids is 1. The summed E-state index contributed by atoms with van der Waals surface area (Å²) >= 11 is 0. The lowest BCUT2D eigenvalue weighted by molar-refractivity contribution is -0.0493. The van der Waals surface area contributed by atoms with Crippen LogP contribution in [-0.4, -0.2) is 41.8 Å². The Balaban J connectivity index is 1.83. The summed E-state index contributed by atoms with van der Waals surface area (Å²) in [5.41, 5.74) is 1.26. The van der Waals surface area contributed by atoms with Gasteiger partial charge < -0.3 is 18.9 Å². The van der Waals surface area contributed by atoms with E-state index in [9.17, 15) is 4.79 Å². The van der Waals surface area contributed by atoms with Crippen molar-refractivity contribution in [2.24, 2.45) is 0 Å². The molecule has 2 atom stereocenters. The van der Waals surface area contributed by atoms with Crippen molar-refractivity contribution in [2.45, 2.75) is 25.7 Å². The average Bonchev–Trinajstić information content (AvgIpc) is 3.02. The molecule has 3 rings (SSSR count). The number of aromatic nitrogens is 2. The zero-order chi connectivity index (χ0) is 18.5. The number of hydrogen-bond donors (Lipinski definition) is 1. The summed E-state index contributed by atoms with van der Waals surface area (Å²) < 4.78 is 21.6. The van der Waals surface area contributed by atoms with Crippen LogP contribution in [0.15, 0.2) is 36.7 Å². The maximum atomic E-state index is 12.1. The molecule has 0 aliphatic carbocycles. The first-order valence-corrected chi connectivity index (χ1v) is 8.14. The van der Waals surface area contributed by atoms with E-state index in [0.717, 1.165) is 5.56 Å². The minimum atomic E-state index is -0.880. The standard InChI is InChI=1S/C18H19N3O5/c1-3-24-18(22)14-15(23-2)13(20-10-21-14)16-17(19)26-12(25-16)9-11-7-5-4-6-8-11/h4-8,10,12,16,19H,3,9H2,1-2H3. The Kier molecular flexibility index (Phi) is 5.43. The van der Waals surface area contributed by atoms with E-state index >= 15 is 0 Å². The first-order valence-electron chi connectivity index (χ1n) is 8.14. The van der Waals surface area contributed by atoms with Gasteiger partial charge in [0.2, 0.25) is 12.2 Å². The molecule has 0 saturated carbocycles. The van der Waals surface area contributed by atoms with Crippen molar-refractivity contribution in [2.75, 3.05) is 13.7 Å². The van der Waals surface area contributed by atoms with Crippen LogP contribution in [0.4, 0.5) is 0 Å². The minimum Gasteiger partial charge on any atom is -0.492 e. The second-order valence-electron chi connectivity index (χ2n) is 5.48.